The lowest BCUT2D eigenvalue weighted by Gasteiger charge is -2.27. The van der Waals surface area contributed by atoms with Gasteiger partial charge in [0.15, 0.2) is 0 Å². The topological polar surface area (TPSA) is 78.0 Å². The number of hydrogen-bond acceptors (Lipinski definition) is 4. The summed E-state index contributed by atoms with van der Waals surface area (Å²) < 4.78 is 0. The maximum atomic E-state index is 12.5. The van der Waals surface area contributed by atoms with Crippen molar-refractivity contribution in [1.29, 1.82) is 0 Å². The van der Waals surface area contributed by atoms with Crippen LogP contribution in [0.15, 0.2) is 30.3 Å². The minimum absolute atomic E-state index is 0.0390. The van der Waals surface area contributed by atoms with E-state index < -0.39 is 30.3 Å². The minimum atomic E-state index is -0.945. The number of carbonyl (C=O) groups is 4. The molecule has 1 atom stereocenters. The van der Waals surface area contributed by atoms with Crippen LogP contribution in [0.2, 0.25) is 0 Å². The Morgan fingerprint density at radius 2 is 1.56 bits per heavy atom. The third kappa shape index (κ3) is 3.87. The van der Waals surface area contributed by atoms with Gasteiger partial charge in [-0.25, -0.2) is 9.69 Å². The van der Waals surface area contributed by atoms with Crippen LogP contribution in [-0.2, 0) is 14.4 Å². The third-order valence-electron chi connectivity index (χ3n) is 4.23. The fraction of sp³-hybridized carbons (Fsp3) is 0.444. The van der Waals surface area contributed by atoms with Crippen LogP contribution >= 0.6 is 0 Å². The summed E-state index contributed by atoms with van der Waals surface area (Å²) in [5.74, 6) is -2.18. The van der Waals surface area contributed by atoms with Crippen molar-refractivity contribution in [1.82, 2.24) is 14.7 Å². The van der Waals surface area contributed by atoms with Crippen LogP contribution in [0.3, 0.4) is 0 Å². The number of hydrogen-bond donors (Lipinski definition) is 0. The molecule has 7 heteroatoms. The first kappa shape index (κ1) is 18.6. The molecule has 0 saturated carbocycles. The average molecular weight is 345 g/mol. The number of urea groups is 1. The molecule has 1 aromatic rings. The molecule has 1 saturated heterocycles. The Morgan fingerprint density at radius 3 is 2.12 bits per heavy atom. The summed E-state index contributed by atoms with van der Waals surface area (Å²) in [6.07, 6.45) is 0. The number of likely N-dealkylation sites (N-methyl/N-ethyl adjacent to an activating group) is 1. The molecule has 1 heterocycles. The quantitative estimate of drug-likeness (QED) is 0.580. The summed E-state index contributed by atoms with van der Waals surface area (Å²) in [6, 6.07) is 8.49. The van der Waals surface area contributed by atoms with Gasteiger partial charge in [0.1, 0.15) is 6.54 Å². The van der Waals surface area contributed by atoms with Crippen molar-refractivity contribution in [3.05, 3.63) is 35.9 Å². The molecule has 1 aromatic carbocycles. The summed E-state index contributed by atoms with van der Waals surface area (Å²) in [5, 5.41) is 0. The monoisotopic (exact) mass is 345 g/mol. The van der Waals surface area contributed by atoms with E-state index in [1.54, 1.807) is 7.05 Å². The number of rotatable bonds is 6. The summed E-state index contributed by atoms with van der Waals surface area (Å²) in [7, 11) is 1.61. The zero-order valence-electron chi connectivity index (χ0n) is 14.9. The number of nitrogens with zero attached hydrogens (tertiary/aromatic N) is 3. The molecule has 1 aliphatic rings. The van der Waals surface area contributed by atoms with Crippen LogP contribution in [0, 0.1) is 5.92 Å². The molecule has 25 heavy (non-hydrogen) atoms. The maximum Gasteiger partial charge on any atom is 0.334 e. The Kier molecular flexibility index (Phi) is 5.56. The van der Waals surface area contributed by atoms with Gasteiger partial charge in [-0.05, 0) is 18.4 Å². The molecular weight excluding hydrogens is 322 g/mol. The number of imide groups is 2. The van der Waals surface area contributed by atoms with Gasteiger partial charge in [0.25, 0.3) is 0 Å². The van der Waals surface area contributed by atoms with Gasteiger partial charge >= 0.3 is 17.8 Å². The second-order valence-corrected chi connectivity index (χ2v) is 6.57. The third-order valence-corrected chi connectivity index (χ3v) is 4.23. The van der Waals surface area contributed by atoms with Gasteiger partial charge in [0, 0.05) is 13.6 Å². The van der Waals surface area contributed by atoms with Crippen molar-refractivity contribution in [2.75, 3.05) is 20.1 Å². The number of amides is 5. The lowest BCUT2D eigenvalue weighted by molar-refractivity contribution is -0.145. The first-order valence-electron chi connectivity index (χ1n) is 8.22. The van der Waals surface area contributed by atoms with Crippen LogP contribution in [0.1, 0.15) is 32.4 Å². The molecule has 7 nitrogen and oxygen atoms in total. The smallest absolute Gasteiger partial charge is 0.334 e. The highest BCUT2D eigenvalue weighted by molar-refractivity contribution is 6.45. The standard InChI is InChI=1S/C18H23N3O4/c1-12(2)10-20-16(23)17(24)21(18(20)25)11-15(22)19(4)13(3)14-8-6-5-7-9-14/h5-9,12-13H,10-11H2,1-4H3/t13-/m1/s1. The van der Waals surface area contributed by atoms with Crippen molar-refractivity contribution < 1.29 is 19.2 Å². The molecule has 0 bridgehead atoms. The zero-order chi connectivity index (χ0) is 18.7. The van der Waals surface area contributed by atoms with E-state index >= 15 is 0 Å². The average Bonchev–Trinajstić information content (AvgIpc) is 2.78. The molecule has 0 N–H and O–H groups in total. The normalized spacial score (nSPS) is 16.0. The largest absolute Gasteiger partial charge is 0.337 e. The first-order valence-corrected chi connectivity index (χ1v) is 8.22. The van der Waals surface area contributed by atoms with E-state index in [4.69, 9.17) is 0 Å². The molecule has 0 radical (unpaired) electrons. The van der Waals surface area contributed by atoms with Crippen molar-refractivity contribution in [2.45, 2.75) is 26.8 Å². The van der Waals surface area contributed by atoms with E-state index in [0.717, 1.165) is 15.4 Å². The van der Waals surface area contributed by atoms with Gasteiger partial charge < -0.3 is 4.90 Å². The van der Waals surface area contributed by atoms with E-state index in [1.807, 2.05) is 51.1 Å². The molecular formula is C18H23N3O4. The second kappa shape index (κ2) is 7.46. The molecule has 5 amide bonds. The van der Waals surface area contributed by atoms with E-state index in [0.29, 0.717) is 0 Å². The Morgan fingerprint density at radius 1 is 1.00 bits per heavy atom. The molecule has 0 aliphatic carbocycles. The summed E-state index contributed by atoms with van der Waals surface area (Å²) in [5.41, 5.74) is 0.940. The van der Waals surface area contributed by atoms with Crippen LogP contribution in [-0.4, -0.2) is 58.6 Å². The van der Waals surface area contributed by atoms with Gasteiger partial charge in [-0.15, -0.1) is 0 Å². The van der Waals surface area contributed by atoms with Gasteiger partial charge in [-0.1, -0.05) is 44.2 Å². The Balaban J connectivity index is 2.08. The SMILES string of the molecule is CC(C)CN1C(=O)C(=O)N(CC(=O)N(C)[C@H](C)c2ccccc2)C1=O. The fourth-order valence-corrected chi connectivity index (χ4v) is 2.63. The molecule has 1 fully saturated rings. The minimum Gasteiger partial charge on any atom is -0.337 e. The Bertz CT molecular complexity index is 687. The van der Waals surface area contributed by atoms with Gasteiger partial charge in [-0.2, -0.15) is 0 Å². The van der Waals surface area contributed by atoms with E-state index in [9.17, 15) is 19.2 Å². The van der Waals surface area contributed by atoms with Gasteiger partial charge in [0.05, 0.1) is 6.04 Å². The van der Waals surface area contributed by atoms with E-state index in [-0.39, 0.29) is 18.5 Å². The second-order valence-electron chi connectivity index (χ2n) is 6.57. The Labute approximate surface area is 147 Å². The van der Waals surface area contributed by atoms with Crippen LogP contribution in [0.4, 0.5) is 4.79 Å². The molecule has 0 spiro atoms. The van der Waals surface area contributed by atoms with E-state index in [2.05, 4.69) is 0 Å². The van der Waals surface area contributed by atoms with Crippen LogP contribution in [0.25, 0.3) is 0 Å². The summed E-state index contributed by atoms with van der Waals surface area (Å²) in [4.78, 5) is 51.9. The molecule has 0 unspecified atom stereocenters. The van der Waals surface area contributed by atoms with Gasteiger partial charge in [-0.3, -0.25) is 19.3 Å². The van der Waals surface area contributed by atoms with Crippen molar-refractivity contribution in [2.24, 2.45) is 5.92 Å². The van der Waals surface area contributed by atoms with E-state index in [1.165, 1.54) is 4.90 Å². The lowest BCUT2D eigenvalue weighted by atomic mass is 10.1. The highest BCUT2D eigenvalue weighted by Gasteiger charge is 2.45. The van der Waals surface area contributed by atoms with Crippen molar-refractivity contribution in [3.8, 4) is 0 Å². The van der Waals surface area contributed by atoms with Crippen LogP contribution in [0.5, 0.6) is 0 Å². The summed E-state index contributed by atoms with van der Waals surface area (Å²) >= 11 is 0. The highest BCUT2D eigenvalue weighted by Crippen LogP contribution is 2.20. The van der Waals surface area contributed by atoms with Crippen LogP contribution < -0.4 is 0 Å². The highest BCUT2D eigenvalue weighted by atomic mass is 16.2. The first-order chi connectivity index (χ1) is 11.7. The Hall–Kier alpha value is -2.70. The number of carbonyl (C=O) groups excluding carboxylic acids is 4. The predicted octanol–water partition coefficient (Wildman–Crippen LogP) is 1.65. The fourth-order valence-electron chi connectivity index (χ4n) is 2.63. The van der Waals surface area contributed by atoms with Crippen molar-refractivity contribution in [3.63, 3.8) is 0 Å². The molecule has 1 aliphatic heterocycles. The summed E-state index contributed by atoms with van der Waals surface area (Å²) in [6.45, 7) is 5.26. The zero-order valence-corrected chi connectivity index (χ0v) is 14.9. The lowest BCUT2D eigenvalue weighted by Crippen LogP contribution is -2.43. The molecule has 0 aromatic heterocycles. The predicted molar refractivity (Wildman–Crippen MR) is 91.3 cm³/mol. The molecule has 2 rings (SSSR count). The van der Waals surface area contributed by atoms with Gasteiger partial charge in [0.2, 0.25) is 5.91 Å². The maximum absolute atomic E-state index is 12.5. The van der Waals surface area contributed by atoms with Crippen molar-refractivity contribution >= 4 is 23.8 Å². The molecule has 134 valence electrons. The number of benzene rings is 1.